The second-order valence-electron chi connectivity index (χ2n) is 6.95. The Bertz CT molecular complexity index is 1020. The van der Waals surface area contributed by atoms with Crippen LogP contribution in [0.15, 0.2) is 48.1 Å². The van der Waals surface area contributed by atoms with Crippen LogP contribution in [-0.4, -0.2) is 30.9 Å². The van der Waals surface area contributed by atoms with E-state index < -0.39 is 0 Å². The fourth-order valence-electron chi connectivity index (χ4n) is 3.33. The smallest absolute Gasteiger partial charge is 0.191 e. The van der Waals surface area contributed by atoms with E-state index in [2.05, 4.69) is 21.3 Å². The zero-order chi connectivity index (χ0) is 21.0. The minimum absolute atomic E-state index is 0.103. The molecule has 0 aliphatic carbocycles. The summed E-state index contributed by atoms with van der Waals surface area (Å²) in [6, 6.07) is 9.89. The lowest BCUT2D eigenvalue weighted by Crippen LogP contribution is -2.09. The largest absolute Gasteiger partial charge is 0.348 e. The average Bonchev–Trinajstić information content (AvgIpc) is 3.19. The summed E-state index contributed by atoms with van der Waals surface area (Å²) in [5, 5.41) is 9.76. The number of benzene rings is 1. The van der Waals surface area contributed by atoms with E-state index in [0.29, 0.717) is 12.3 Å². The van der Waals surface area contributed by atoms with Crippen molar-refractivity contribution in [3.63, 3.8) is 0 Å². The number of ketones is 1. The Labute approximate surface area is 180 Å². The molecule has 0 saturated carbocycles. The monoisotopic (exact) mass is 428 g/mol. The van der Waals surface area contributed by atoms with Crippen molar-refractivity contribution >= 4 is 29.1 Å². The first-order valence-corrected chi connectivity index (χ1v) is 10.8. The summed E-state index contributed by atoms with van der Waals surface area (Å²) in [5.41, 5.74) is 4.10. The van der Waals surface area contributed by atoms with E-state index in [-0.39, 0.29) is 5.78 Å². The maximum Gasteiger partial charge on any atom is 0.191 e. The standard InChI is InChI=1S/C22H25ClN4OS/c1-5-11-27-17(4)24-25-22(27)29-14-21(28)20-13-15(2)26(16(20)3)12-10-18-6-8-19(23)9-7-18/h5-9,13H,1,10-12,14H2,2-4H3. The molecule has 0 radical (unpaired) electrons. The Morgan fingerprint density at radius 2 is 1.90 bits per heavy atom. The summed E-state index contributed by atoms with van der Waals surface area (Å²) in [4.78, 5) is 12.9. The number of carbonyl (C=O) groups is 1. The number of thioether (sulfide) groups is 1. The molecule has 0 bridgehead atoms. The van der Waals surface area contributed by atoms with Gasteiger partial charge in [-0.15, -0.1) is 16.8 Å². The molecule has 0 fully saturated rings. The Kier molecular flexibility index (Phi) is 6.98. The molecular formula is C22H25ClN4OS. The van der Waals surface area contributed by atoms with Gasteiger partial charge in [0, 0.05) is 35.1 Å². The van der Waals surface area contributed by atoms with E-state index in [9.17, 15) is 4.79 Å². The molecule has 0 aliphatic rings. The number of hydrogen-bond donors (Lipinski definition) is 0. The van der Waals surface area contributed by atoms with Crippen LogP contribution in [0, 0.1) is 20.8 Å². The van der Waals surface area contributed by atoms with Gasteiger partial charge in [-0.1, -0.05) is 41.6 Å². The van der Waals surface area contributed by atoms with Crippen molar-refractivity contribution in [1.29, 1.82) is 0 Å². The number of rotatable bonds is 9. The van der Waals surface area contributed by atoms with Crippen LogP contribution in [0.25, 0.3) is 0 Å². The molecule has 1 aromatic carbocycles. The number of allylic oxidation sites excluding steroid dienone is 1. The molecule has 0 spiro atoms. The van der Waals surface area contributed by atoms with Crippen LogP contribution in [-0.2, 0) is 19.5 Å². The van der Waals surface area contributed by atoms with Gasteiger partial charge in [0.05, 0.1) is 5.75 Å². The summed E-state index contributed by atoms with van der Waals surface area (Å²) < 4.78 is 4.16. The Morgan fingerprint density at radius 1 is 1.17 bits per heavy atom. The van der Waals surface area contributed by atoms with E-state index in [1.54, 1.807) is 6.08 Å². The molecule has 5 nitrogen and oxygen atoms in total. The molecule has 2 aromatic heterocycles. The van der Waals surface area contributed by atoms with Crippen molar-refractivity contribution < 1.29 is 4.79 Å². The van der Waals surface area contributed by atoms with E-state index in [0.717, 1.165) is 45.9 Å². The average molecular weight is 429 g/mol. The van der Waals surface area contributed by atoms with Crippen molar-refractivity contribution in [1.82, 2.24) is 19.3 Å². The number of hydrogen-bond acceptors (Lipinski definition) is 4. The number of Topliss-reactive ketones (excluding diaryl/α,β-unsaturated/α-hetero) is 1. The molecule has 152 valence electrons. The molecule has 29 heavy (non-hydrogen) atoms. The summed E-state index contributed by atoms with van der Waals surface area (Å²) >= 11 is 7.38. The van der Waals surface area contributed by atoms with Crippen molar-refractivity contribution in [2.75, 3.05) is 5.75 Å². The van der Waals surface area contributed by atoms with Gasteiger partial charge in [0.15, 0.2) is 10.9 Å². The molecule has 3 aromatic rings. The van der Waals surface area contributed by atoms with E-state index in [4.69, 9.17) is 11.6 Å². The van der Waals surface area contributed by atoms with Gasteiger partial charge in [-0.3, -0.25) is 4.79 Å². The number of nitrogens with zero attached hydrogens (tertiary/aromatic N) is 4. The lowest BCUT2D eigenvalue weighted by atomic mass is 10.1. The number of aryl methyl sites for hydroxylation is 3. The van der Waals surface area contributed by atoms with Crippen LogP contribution in [0.1, 0.15) is 33.1 Å². The third kappa shape index (κ3) is 5.00. The summed E-state index contributed by atoms with van der Waals surface area (Å²) in [6.07, 6.45) is 2.69. The first-order chi connectivity index (χ1) is 13.9. The highest BCUT2D eigenvalue weighted by molar-refractivity contribution is 7.99. The third-order valence-corrected chi connectivity index (χ3v) is 6.18. The molecular weight excluding hydrogens is 404 g/mol. The van der Waals surface area contributed by atoms with Gasteiger partial charge in [0.1, 0.15) is 5.82 Å². The summed E-state index contributed by atoms with van der Waals surface area (Å²) in [6.45, 7) is 11.2. The maximum absolute atomic E-state index is 12.9. The number of halogens is 1. The lowest BCUT2D eigenvalue weighted by Gasteiger charge is -2.10. The van der Waals surface area contributed by atoms with Gasteiger partial charge >= 0.3 is 0 Å². The van der Waals surface area contributed by atoms with E-state index in [1.165, 1.54) is 17.3 Å². The van der Waals surface area contributed by atoms with E-state index >= 15 is 0 Å². The highest BCUT2D eigenvalue weighted by atomic mass is 35.5. The number of aromatic nitrogens is 4. The zero-order valence-electron chi connectivity index (χ0n) is 17.0. The SMILES string of the molecule is C=CCn1c(C)nnc1SCC(=O)c1cc(C)n(CCc2ccc(Cl)cc2)c1C. The van der Waals surface area contributed by atoms with Crippen molar-refractivity contribution in [2.45, 2.75) is 45.4 Å². The lowest BCUT2D eigenvalue weighted by molar-refractivity contribution is 0.102. The molecule has 3 rings (SSSR count). The van der Waals surface area contributed by atoms with Crippen molar-refractivity contribution in [3.05, 3.63) is 76.3 Å². The molecule has 0 atom stereocenters. The van der Waals surface area contributed by atoms with Gasteiger partial charge in [-0.05, 0) is 51.0 Å². The van der Waals surface area contributed by atoms with Gasteiger partial charge in [-0.25, -0.2) is 0 Å². The highest BCUT2D eigenvalue weighted by Crippen LogP contribution is 2.22. The quantitative estimate of drug-likeness (QED) is 0.271. The molecule has 0 amide bonds. The zero-order valence-corrected chi connectivity index (χ0v) is 18.6. The molecule has 0 saturated heterocycles. The Balaban J connectivity index is 1.68. The van der Waals surface area contributed by atoms with Gasteiger partial charge in [-0.2, -0.15) is 0 Å². The molecule has 7 heteroatoms. The van der Waals surface area contributed by atoms with Gasteiger partial charge in [0.2, 0.25) is 0 Å². The van der Waals surface area contributed by atoms with E-state index in [1.807, 2.05) is 55.7 Å². The van der Waals surface area contributed by atoms with Crippen LogP contribution in [0.2, 0.25) is 5.02 Å². The van der Waals surface area contributed by atoms with Gasteiger partial charge < -0.3 is 9.13 Å². The maximum atomic E-state index is 12.9. The normalized spacial score (nSPS) is 11.0. The first-order valence-electron chi connectivity index (χ1n) is 9.48. The Hall–Kier alpha value is -2.31. The second-order valence-corrected chi connectivity index (χ2v) is 8.33. The van der Waals surface area contributed by atoms with Gasteiger partial charge in [0.25, 0.3) is 0 Å². The topological polar surface area (TPSA) is 52.7 Å². The Morgan fingerprint density at radius 3 is 2.59 bits per heavy atom. The van der Waals surface area contributed by atoms with Crippen molar-refractivity contribution in [3.8, 4) is 0 Å². The molecule has 0 aliphatic heterocycles. The molecule has 0 N–H and O–H groups in total. The van der Waals surface area contributed by atoms with Crippen LogP contribution >= 0.6 is 23.4 Å². The van der Waals surface area contributed by atoms with Crippen molar-refractivity contribution in [2.24, 2.45) is 0 Å². The summed E-state index contributed by atoms with van der Waals surface area (Å²) in [7, 11) is 0. The predicted octanol–water partition coefficient (Wildman–Crippen LogP) is 5.06. The first kappa shape index (κ1) is 21.4. The minimum Gasteiger partial charge on any atom is -0.348 e. The highest BCUT2D eigenvalue weighted by Gasteiger charge is 2.17. The van der Waals surface area contributed by atoms with Crippen LogP contribution in [0.5, 0.6) is 0 Å². The third-order valence-electron chi connectivity index (χ3n) is 4.96. The fraction of sp³-hybridized carbons (Fsp3) is 0.318. The summed E-state index contributed by atoms with van der Waals surface area (Å²) in [5.74, 6) is 1.25. The fourth-order valence-corrected chi connectivity index (χ4v) is 4.34. The predicted molar refractivity (Wildman–Crippen MR) is 119 cm³/mol. The molecule has 2 heterocycles. The van der Waals surface area contributed by atoms with Crippen LogP contribution < -0.4 is 0 Å². The minimum atomic E-state index is 0.103. The molecule has 0 unspecified atom stereocenters. The second kappa shape index (κ2) is 9.46. The van der Waals surface area contributed by atoms with Crippen LogP contribution in [0.3, 0.4) is 0 Å². The van der Waals surface area contributed by atoms with Crippen LogP contribution in [0.4, 0.5) is 0 Å². The number of carbonyl (C=O) groups excluding carboxylic acids is 1.